The fourth-order valence-electron chi connectivity index (χ4n) is 3.17. The van der Waals surface area contributed by atoms with Crippen molar-refractivity contribution in [2.24, 2.45) is 0 Å². The monoisotopic (exact) mass is 537 g/mol. The van der Waals surface area contributed by atoms with Crippen LogP contribution in [0.2, 0.25) is 15.1 Å². The van der Waals surface area contributed by atoms with E-state index < -0.39 is 23.5 Å². The Hall–Kier alpha value is -3.10. The van der Waals surface area contributed by atoms with Crippen LogP contribution in [-0.4, -0.2) is 17.7 Å². The van der Waals surface area contributed by atoms with E-state index in [1.807, 2.05) is 0 Å². The van der Waals surface area contributed by atoms with E-state index in [4.69, 9.17) is 46.4 Å². The average Bonchev–Trinajstić information content (AvgIpc) is 2.99. The third-order valence-electron chi connectivity index (χ3n) is 4.70. The Morgan fingerprint density at radius 3 is 2.21 bits per heavy atom. The maximum absolute atomic E-state index is 13.3. The molecule has 11 heteroatoms. The van der Waals surface area contributed by atoms with Crippen LogP contribution in [0.4, 0.5) is 21.5 Å². The molecule has 1 heterocycles. The van der Waals surface area contributed by atoms with Crippen LogP contribution in [0.1, 0.15) is 10.4 Å². The standard InChI is InChI=1S/C23H12Cl4FN3O3/c24-12-7-13(25)9-16(8-12)31-22(33)19(27)20(23(31)34)29-14-3-1-2-11(6-14)21(32)30-15-4-5-18(28)17(26)10-15/h1-10,29H,(H,30,32). The van der Waals surface area contributed by atoms with Crippen molar-refractivity contribution in [2.45, 2.75) is 0 Å². The number of halogens is 5. The Labute approximate surface area is 212 Å². The molecule has 3 aromatic rings. The van der Waals surface area contributed by atoms with Gasteiger partial charge in [-0.2, -0.15) is 0 Å². The van der Waals surface area contributed by atoms with E-state index in [0.717, 1.165) is 11.0 Å². The van der Waals surface area contributed by atoms with Gasteiger partial charge in [0, 0.05) is 27.0 Å². The van der Waals surface area contributed by atoms with Crippen LogP contribution in [-0.2, 0) is 9.59 Å². The van der Waals surface area contributed by atoms with Crippen molar-refractivity contribution in [1.82, 2.24) is 0 Å². The zero-order chi connectivity index (χ0) is 24.6. The number of amides is 3. The first kappa shape index (κ1) is 24.0. The van der Waals surface area contributed by atoms with E-state index in [0.29, 0.717) is 11.4 Å². The van der Waals surface area contributed by atoms with E-state index in [1.54, 1.807) is 12.1 Å². The van der Waals surface area contributed by atoms with Gasteiger partial charge in [0.1, 0.15) is 16.5 Å². The van der Waals surface area contributed by atoms with Crippen LogP contribution in [0.15, 0.2) is 71.4 Å². The van der Waals surface area contributed by atoms with Crippen LogP contribution in [0.5, 0.6) is 0 Å². The van der Waals surface area contributed by atoms with E-state index in [-0.39, 0.29) is 37.0 Å². The van der Waals surface area contributed by atoms with Crippen LogP contribution in [0.3, 0.4) is 0 Å². The van der Waals surface area contributed by atoms with Gasteiger partial charge in [-0.15, -0.1) is 0 Å². The number of nitrogens with one attached hydrogen (secondary N) is 2. The molecule has 0 aromatic heterocycles. The molecule has 6 nitrogen and oxygen atoms in total. The first-order valence-electron chi connectivity index (χ1n) is 9.52. The van der Waals surface area contributed by atoms with Gasteiger partial charge in [0.15, 0.2) is 0 Å². The van der Waals surface area contributed by atoms with Gasteiger partial charge in [-0.3, -0.25) is 14.4 Å². The van der Waals surface area contributed by atoms with Gasteiger partial charge in [-0.25, -0.2) is 9.29 Å². The summed E-state index contributed by atoms with van der Waals surface area (Å²) >= 11 is 23.9. The highest BCUT2D eigenvalue weighted by Gasteiger charge is 2.39. The first-order valence-corrected chi connectivity index (χ1v) is 11.0. The lowest BCUT2D eigenvalue weighted by Gasteiger charge is -2.16. The highest BCUT2D eigenvalue weighted by molar-refractivity contribution is 6.53. The number of rotatable bonds is 5. The highest BCUT2D eigenvalue weighted by atomic mass is 35.5. The number of imide groups is 1. The molecule has 2 N–H and O–H groups in total. The second-order valence-corrected chi connectivity index (χ2v) is 8.71. The first-order chi connectivity index (χ1) is 16.1. The van der Waals surface area contributed by atoms with Gasteiger partial charge in [0.05, 0.1) is 10.7 Å². The smallest absolute Gasteiger partial charge is 0.283 e. The zero-order valence-electron chi connectivity index (χ0n) is 16.8. The summed E-state index contributed by atoms with van der Waals surface area (Å²) in [5.74, 6) is -2.59. The largest absolute Gasteiger partial charge is 0.350 e. The van der Waals surface area contributed by atoms with Crippen molar-refractivity contribution >= 4 is 81.2 Å². The molecule has 0 saturated carbocycles. The third-order valence-corrected chi connectivity index (χ3v) is 5.78. The summed E-state index contributed by atoms with van der Waals surface area (Å²) in [4.78, 5) is 39.1. The molecule has 34 heavy (non-hydrogen) atoms. The number of carbonyl (C=O) groups excluding carboxylic acids is 3. The van der Waals surface area contributed by atoms with Gasteiger partial charge in [-0.1, -0.05) is 52.5 Å². The molecule has 0 unspecified atom stereocenters. The minimum absolute atomic E-state index is 0.134. The summed E-state index contributed by atoms with van der Waals surface area (Å²) < 4.78 is 13.3. The van der Waals surface area contributed by atoms with E-state index >= 15 is 0 Å². The molecule has 172 valence electrons. The molecule has 0 radical (unpaired) electrons. The summed E-state index contributed by atoms with van der Waals surface area (Å²) in [6.45, 7) is 0. The Kier molecular flexibility index (Phi) is 6.81. The summed E-state index contributed by atoms with van der Waals surface area (Å²) in [7, 11) is 0. The van der Waals surface area contributed by atoms with Gasteiger partial charge < -0.3 is 10.6 Å². The predicted molar refractivity (Wildman–Crippen MR) is 131 cm³/mol. The van der Waals surface area contributed by atoms with Crippen LogP contribution in [0.25, 0.3) is 0 Å². The number of hydrogen-bond acceptors (Lipinski definition) is 4. The maximum Gasteiger partial charge on any atom is 0.283 e. The van der Waals surface area contributed by atoms with Crippen molar-refractivity contribution in [1.29, 1.82) is 0 Å². The lowest BCUT2D eigenvalue weighted by atomic mass is 10.1. The van der Waals surface area contributed by atoms with Crippen LogP contribution < -0.4 is 15.5 Å². The van der Waals surface area contributed by atoms with Gasteiger partial charge in [0.2, 0.25) is 0 Å². The predicted octanol–water partition coefficient (Wildman–Crippen LogP) is 6.47. The van der Waals surface area contributed by atoms with E-state index in [1.165, 1.54) is 42.5 Å². The molecule has 1 aliphatic rings. The maximum atomic E-state index is 13.3. The molecule has 0 saturated heterocycles. The molecule has 1 aliphatic heterocycles. The normalized spacial score (nSPS) is 13.5. The van der Waals surface area contributed by atoms with Crippen LogP contribution >= 0.6 is 46.4 Å². The number of benzene rings is 3. The number of hydrogen-bond donors (Lipinski definition) is 2. The van der Waals surface area contributed by atoms with Gasteiger partial charge >= 0.3 is 0 Å². The van der Waals surface area contributed by atoms with Crippen molar-refractivity contribution in [3.8, 4) is 0 Å². The van der Waals surface area contributed by atoms with Crippen molar-refractivity contribution in [3.05, 3.63) is 97.8 Å². The fraction of sp³-hybridized carbons (Fsp3) is 0. The summed E-state index contributed by atoms with van der Waals surface area (Å²) in [5.41, 5.74) is 0.828. The highest BCUT2D eigenvalue weighted by Crippen LogP contribution is 2.33. The van der Waals surface area contributed by atoms with Crippen LogP contribution in [0, 0.1) is 5.82 Å². The second-order valence-electron chi connectivity index (χ2n) is 7.05. The molecule has 0 aliphatic carbocycles. The van der Waals surface area contributed by atoms with E-state index in [9.17, 15) is 18.8 Å². The second kappa shape index (κ2) is 9.64. The van der Waals surface area contributed by atoms with Crippen molar-refractivity contribution < 1.29 is 18.8 Å². The molecular formula is C23H12Cl4FN3O3. The number of nitrogens with zero attached hydrogens (tertiary/aromatic N) is 1. The molecule has 0 fully saturated rings. The quantitative estimate of drug-likeness (QED) is 0.365. The SMILES string of the molecule is O=C(Nc1ccc(F)c(Cl)c1)c1cccc(NC2=C(Cl)C(=O)N(c3cc(Cl)cc(Cl)c3)C2=O)c1. The summed E-state index contributed by atoms with van der Waals surface area (Å²) in [6, 6.07) is 14.2. The molecule has 3 aromatic carbocycles. The topological polar surface area (TPSA) is 78.5 Å². The van der Waals surface area contributed by atoms with Crippen molar-refractivity contribution in [3.63, 3.8) is 0 Å². The van der Waals surface area contributed by atoms with Crippen molar-refractivity contribution in [2.75, 3.05) is 15.5 Å². The lowest BCUT2D eigenvalue weighted by Crippen LogP contribution is -2.32. The minimum Gasteiger partial charge on any atom is -0.350 e. The zero-order valence-corrected chi connectivity index (χ0v) is 19.9. The molecular weight excluding hydrogens is 527 g/mol. The Bertz CT molecular complexity index is 1370. The van der Waals surface area contributed by atoms with Gasteiger partial charge in [-0.05, 0) is 54.6 Å². The summed E-state index contributed by atoms with van der Waals surface area (Å²) in [6.07, 6.45) is 0. The van der Waals surface area contributed by atoms with E-state index in [2.05, 4.69) is 10.6 Å². The molecule has 0 atom stereocenters. The molecule has 0 spiro atoms. The van der Waals surface area contributed by atoms with Gasteiger partial charge in [0.25, 0.3) is 17.7 Å². The summed E-state index contributed by atoms with van der Waals surface area (Å²) in [5, 5.41) is 5.40. The Balaban J connectivity index is 1.55. The molecule has 3 amide bonds. The number of carbonyl (C=O) groups is 3. The minimum atomic E-state index is -0.755. The molecule has 4 rings (SSSR count). The number of anilines is 3. The fourth-order valence-corrected chi connectivity index (χ4v) is 4.08. The third kappa shape index (κ3) is 4.88. The Morgan fingerprint density at radius 2 is 1.53 bits per heavy atom. The molecule has 0 bridgehead atoms. The lowest BCUT2D eigenvalue weighted by molar-refractivity contribution is -0.120. The Morgan fingerprint density at radius 1 is 0.824 bits per heavy atom. The average molecular weight is 539 g/mol.